The van der Waals surface area contributed by atoms with Gasteiger partial charge in [-0.05, 0) is 82.7 Å². The zero-order chi connectivity index (χ0) is 51.6. The summed E-state index contributed by atoms with van der Waals surface area (Å²) < 4.78 is 97.8. The van der Waals surface area contributed by atoms with Crippen molar-refractivity contribution >= 4 is 36.4 Å². The van der Waals surface area contributed by atoms with Gasteiger partial charge in [0.15, 0.2) is 11.6 Å². The maximum absolute atomic E-state index is 15.0. The Morgan fingerprint density at radius 2 is 1.57 bits per heavy atom. The van der Waals surface area contributed by atoms with E-state index < -0.39 is 62.8 Å². The number of hydrogen-bond donors (Lipinski definition) is 2. The van der Waals surface area contributed by atoms with Crippen molar-refractivity contribution in [3.63, 3.8) is 0 Å². The molecule has 1 unspecified atom stereocenters. The molecule has 3 N–H and O–H groups in total. The number of nitrogens with zero attached hydrogens (tertiary/aromatic N) is 5. The van der Waals surface area contributed by atoms with Crippen molar-refractivity contribution in [1.29, 1.82) is 5.26 Å². The number of phosphoric ester groups is 1. The molecule has 72 heavy (non-hydrogen) atoms. The molecule has 2 saturated heterocycles. The van der Waals surface area contributed by atoms with Crippen LogP contribution in [0, 0.1) is 11.3 Å². The summed E-state index contributed by atoms with van der Waals surface area (Å²) in [5.41, 5.74) is 7.29. The van der Waals surface area contributed by atoms with Gasteiger partial charge >= 0.3 is 14.0 Å². The Labute approximate surface area is 428 Å². The van der Waals surface area contributed by atoms with Gasteiger partial charge in [-0.3, -0.25) is 9.05 Å². The minimum atomic E-state index is -4.61. The van der Waals surface area contributed by atoms with Crippen LogP contribution in [0.5, 0.6) is 5.75 Å². The molecule has 2 aliphatic heterocycles. The van der Waals surface area contributed by atoms with Crippen LogP contribution in [0.4, 0.5) is 24.7 Å². The number of nitrogens with one attached hydrogen (secondary N) is 1. The molecule has 0 saturated carbocycles. The highest BCUT2D eigenvalue weighted by atomic mass is 35.5. The van der Waals surface area contributed by atoms with Crippen LogP contribution in [0.25, 0.3) is 5.52 Å². The monoisotopic (exact) mass is 1050 g/mol. The number of nitrogen functional groups attached to an aromatic ring is 1. The van der Waals surface area contributed by atoms with Gasteiger partial charge in [-0.15, -0.1) is 0 Å². The largest absolute Gasteiger partial charge is 0.530 e. The summed E-state index contributed by atoms with van der Waals surface area (Å²) in [6.07, 6.45) is 8.82. The topological polar surface area (TPSA) is 177 Å². The second-order valence-electron chi connectivity index (χ2n) is 19.6. The van der Waals surface area contributed by atoms with Gasteiger partial charge in [0.1, 0.15) is 48.6 Å². The molecule has 2 aliphatic rings. The highest BCUT2D eigenvalue weighted by Gasteiger charge is 2.65. The number of nitriles is 1. The third-order valence-corrected chi connectivity index (χ3v) is 14.5. The van der Waals surface area contributed by atoms with Gasteiger partial charge in [-0.1, -0.05) is 126 Å². The molecular formula is C52H74ClF3N7O8P. The summed E-state index contributed by atoms with van der Waals surface area (Å²) in [5.74, 6) is -0.797. The second kappa shape index (κ2) is 27.5. The van der Waals surface area contributed by atoms with E-state index in [9.17, 15) is 18.4 Å². The Kier molecular flexibility index (Phi) is 21.9. The van der Waals surface area contributed by atoms with Crippen molar-refractivity contribution in [1.82, 2.24) is 19.5 Å². The number of fused-ring (bicyclic) bond motifs is 2. The molecule has 0 radical (unpaired) electrons. The average Bonchev–Trinajstić information content (AvgIpc) is 4.00. The molecule has 15 nitrogen and oxygen atoms in total. The lowest BCUT2D eigenvalue weighted by atomic mass is 9.96. The number of rotatable bonds is 33. The first-order valence-electron chi connectivity index (χ1n) is 25.5. The molecule has 4 heterocycles. The first kappa shape index (κ1) is 57.3. The van der Waals surface area contributed by atoms with Crippen LogP contribution < -0.4 is 15.6 Å². The van der Waals surface area contributed by atoms with Gasteiger partial charge in [0.05, 0.1) is 30.0 Å². The number of anilines is 2. The lowest BCUT2D eigenvalue weighted by molar-refractivity contribution is -0.204. The molecule has 398 valence electrons. The lowest BCUT2D eigenvalue weighted by Crippen LogP contribution is -2.46. The summed E-state index contributed by atoms with van der Waals surface area (Å²) in [4.78, 5) is 6.20. The maximum Gasteiger partial charge on any atom is 0.530 e. The van der Waals surface area contributed by atoms with Gasteiger partial charge in [-0.25, -0.2) is 14.1 Å². The molecule has 20 heteroatoms. The summed E-state index contributed by atoms with van der Waals surface area (Å²) >= 11 is 6.53. The summed E-state index contributed by atoms with van der Waals surface area (Å²) in [6.45, 7) is 4.63. The molecule has 6 atom stereocenters. The smallest absolute Gasteiger partial charge is 0.402 e. The number of halogens is 4. The Hall–Kier alpha value is -4.02. The molecule has 0 spiro atoms. The Balaban J connectivity index is 1.07. The van der Waals surface area contributed by atoms with Crippen LogP contribution in [0.15, 0.2) is 67.0 Å². The third kappa shape index (κ3) is 17.6. The highest BCUT2D eigenvalue weighted by molar-refractivity contribution is 7.49. The van der Waals surface area contributed by atoms with Crippen LogP contribution >= 0.6 is 19.4 Å². The van der Waals surface area contributed by atoms with E-state index in [2.05, 4.69) is 26.4 Å². The zero-order valence-electron chi connectivity index (χ0n) is 42.3. The van der Waals surface area contributed by atoms with Crippen molar-refractivity contribution in [3.05, 3.63) is 83.3 Å². The molecule has 2 fully saturated rings. The number of unbranched alkanes of at least 4 members (excludes halogenated alkanes) is 14. The van der Waals surface area contributed by atoms with Crippen molar-refractivity contribution < 1.29 is 50.3 Å². The fourth-order valence-electron chi connectivity index (χ4n) is 9.09. The number of para-hydroxylation sites is 1. The SMILES string of the molecule is CN(C)CCNc1cccc(CO[C@@H](CCCCCCCCCCCCCCCCCC(F)(F)F)COP(=O)(OC[C@@]2(C#N)O[C@@H](c3ccc4c(N)ncnn34)[C@@H]3OC(C)(C)O[C@@H]32)Oc2ccccc2Cl)c1. The van der Waals surface area contributed by atoms with E-state index >= 15 is 4.57 Å². The molecular weight excluding hydrogens is 974 g/mol. The average molecular weight is 1050 g/mol. The van der Waals surface area contributed by atoms with E-state index in [4.69, 9.17) is 49.9 Å². The van der Waals surface area contributed by atoms with Crippen LogP contribution in [0.1, 0.15) is 140 Å². The zero-order valence-corrected chi connectivity index (χ0v) is 43.9. The van der Waals surface area contributed by atoms with E-state index in [0.717, 1.165) is 82.1 Å². The van der Waals surface area contributed by atoms with Crippen LogP contribution in [-0.4, -0.2) is 95.8 Å². The number of aromatic nitrogens is 3. The molecule has 6 rings (SSSR count). The number of hydrogen-bond acceptors (Lipinski definition) is 14. The van der Waals surface area contributed by atoms with Crippen molar-refractivity contribution in [2.45, 2.75) is 172 Å². The van der Waals surface area contributed by atoms with Gasteiger partial charge in [0.25, 0.3) is 0 Å². The minimum absolute atomic E-state index is 0.0579. The predicted molar refractivity (Wildman–Crippen MR) is 272 cm³/mol. The first-order chi connectivity index (χ1) is 34.5. The Bertz CT molecular complexity index is 2370. The summed E-state index contributed by atoms with van der Waals surface area (Å²) in [5, 5.41) is 18.9. The maximum atomic E-state index is 15.0. The molecule has 0 aliphatic carbocycles. The number of nitrogens with two attached hydrogens (primary N) is 1. The van der Waals surface area contributed by atoms with Gasteiger partial charge in [-0.2, -0.15) is 23.5 Å². The number of alkyl halides is 3. The molecule has 0 bridgehead atoms. The van der Waals surface area contributed by atoms with Gasteiger partial charge in [0.2, 0.25) is 5.60 Å². The highest BCUT2D eigenvalue weighted by Crippen LogP contribution is 2.55. The number of benzene rings is 2. The van der Waals surface area contributed by atoms with E-state index in [1.54, 1.807) is 54.8 Å². The number of ether oxygens (including phenoxy) is 4. The molecule has 2 aromatic carbocycles. The fraction of sp³-hybridized carbons (Fsp3) is 0.635. The predicted octanol–water partition coefficient (Wildman–Crippen LogP) is 12.8. The number of likely N-dealkylation sites (N-methyl/N-ethyl adjacent to an activating group) is 1. The second-order valence-corrected chi connectivity index (χ2v) is 21.6. The van der Waals surface area contributed by atoms with E-state index in [1.165, 1.54) is 32.0 Å². The Morgan fingerprint density at radius 3 is 2.22 bits per heavy atom. The third-order valence-electron chi connectivity index (χ3n) is 12.9. The van der Waals surface area contributed by atoms with Crippen molar-refractivity contribution in [2.75, 3.05) is 51.4 Å². The quantitative estimate of drug-likeness (QED) is 0.0340. The Morgan fingerprint density at radius 1 is 0.903 bits per heavy atom. The summed E-state index contributed by atoms with van der Waals surface area (Å²) in [7, 11) is -0.557. The van der Waals surface area contributed by atoms with E-state index in [0.29, 0.717) is 24.1 Å². The van der Waals surface area contributed by atoms with Crippen LogP contribution in [-0.2, 0) is 39.2 Å². The standard InChI is InChI=1S/C52H74ClF3N7O8P/c1-50(2)68-47-46(43-28-29-44-49(58)60-38-61-63(43)44)69-51(36-57,48(47)70-50)37-67-72(64,71-45-27-20-19-26-42(45)53)66-35-41(65-34-39-23-22-24-40(33-39)59-31-32-62(3)4)25-18-16-14-12-10-8-6-5-7-9-11-13-15-17-21-30-52(54,55)56/h19-20,22-24,26-29,33,38,41,46-48,59H,5-18,21,25,30-32,34-35,37H2,1-4H3,(H2,58,60,61)/t41-,46-,47-,48-,51+,72?/m0/s1. The van der Waals surface area contributed by atoms with Gasteiger partial charge in [0, 0.05) is 25.2 Å². The normalized spacial score (nSPS) is 20.9. The van der Waals surface area contributed by atoms with Crippen LogP contribution in [0.3, 0.4) is 0 Å². The fourth-order valence-corrected chi connectivity index (χ4v) is 10.6. The lowest BCUT2D eigenvalue weighted by Gasteiger charge is -2.30. The molecule has 0 amide bonds. The number of phosphoric acid groups is 1. The first-order valence-corrected chi connectivity index (χ1v) is 27.3. The minimum Gasteiger partial charge on any atom is -0.402 e. The van der Waals surface area contributed by atoms with E-state index in [-0.39, 0.29) is 36.2 Å². The van der Waals surface area contributed by atoms with Gasteiger partial charge < -0.3 is 39.4 Å². The van der Waals surface area contributed by atoms with Crippen LogP contribution in [0.2, 0.25) is 5.02 Å². The molecule has 2 aromatic heterocycles. The van der Waals surface area contributed by atoms with Crippen molar-refractivity contribution in [3.8, 4) is 11.8 Å². The van der Waals surface area contributed by atoms with Crippen molar-refractivity contribution in [2.24, 2.45) is 0 Å². The van der Waals surface area contributed by atoms with E-state index in [1.807, 2.05) is 38.4 Å². The summed E-state index contributed by atoms with van der Waals surface area (Å²) in [6, 6.07) is 20.3. The molecule has 4 aromatic rings.